The van der Waals surface area contributed by atoms with Crippen LogP contribution in [0.3, 0.4) is 0 Å². The summed E-state index contributed by atoms with van der Waals surface area (Å²) in [5.74, 6) is -2.45. The highest BCUT2D eigenvalue weighted by Crippen LogP contribution is 2.28. The Morgan fingerprint density at radius 1 is 0.960 bits per heavy atom. The van der Waals surface area contributed by atoms with E-state index >= 15 is 0 Å². The monoisotopic (exact) mass is 407 g/mol. The maximum Gasteiger partial charge on any atom is 0.323 e. The third kappa shape index (κ3) is 4.95. The number of phenols is 1. The molecule has 0 radical (unpaired) electrons. The maximum absolute atomic E-state index is 12.1. The molecule has 130 valence electrons. The zero-order valence-corrected chi connectivity index (χ0v) is 14.3. The third-order valence-corrected chi connectivity index (χ3v) is 3.74. The number of hydrogen-bond donors (Lipinski definition) is 5. The molecule has 2 aromatic carbocycles. The van der Waals surface area contributed by atoms with Crippen molar-refractivity contribution in [2.24, 2.45) is 0 Å². The summed E-state index contributed by atoms with van der Waals surface area (Å²) in [5, 5.41) is 25.9. The van der Waals surface area contributed by atoms with E-state index in [9.17, 15) is 19.5 Å². The zero-order chi connectivity index (χ0) is 18.4. The van der Waals surface area contributed by atoms with Crippen LogP contribution in [0.15, 0.2) is 46.9 Å². The third-order valence-electron chi connectivity index (χ3n) is 3.05. The summed E-state index contributed by atoms with van der Waals surface area (Å²) >= 11 is 3.29. The first kappa shape index (κ1) is 18.3. The minimum Gasteiger partial charge on any atom is -0.505 e. The van der Waals surface area contributed by atoms with Crippen LogP contribution in [0.1, 0.15) is 10.4 Å². The molecule has 25 heavy (non-hydrogen) atoms. The van der Waals surface area contributed by atoms with Crippen LogP contribution in [-0.4, -0.2) is 34.7 Å². The number of aliphatic carboxylic acids is 1. The van der Waals surface area contributed by atoms with E-state index in [0.717, 1.165) is 0 Å². The molecular formula is C16H14BrN3O5. The number of urea groups is 1. The fraction of sp³-hybridized carbons (Fsp3) is 0.0625. The number of aromatic hydroxyl groups is 1. The Morgan fingerprint density at radius 3 is 2.28 bits per heavy atom. The number of anilines is 2. The molecule has 0 heterocycles. The van der Waals surface area contributed by atoms with Gasteiger partial charge in [-0.1, -0.05) is 18.2 Å². The number of amides is 3. The highest BCUT2D eigenvalue weighted by molar-refractivity contribution is 9.10. The fourth-order valence-electron chi connectivity index (χ4n) is 1.92. The normalized spacial score (nSPS) is 9.96. The van der Waals surface area contributed by atoms with Crippen LogP contribution >= 0.6 is 15.9 Å². The Balaban J connectivity index is 2.11. The largest absolute Gasteiger partial charge is 0.505 e. The first-order chi connectivity index (χ1) is 11.9. The summed E-state index contributed by atoms with van der Waals surface area (Å²) in [6.45, 7) is -0.585. The number of carbonyl (C=O) groups is 3. The van der Waals surface area contributed by atoms with Gasteiger partial charge in [0.15, 0.2) is 5.75 Å². The molecule has 0 spiro atoms. The molecule has 0 aliphatic heterocycles. The van der Waals surface area contributed by atoms with E-state index in [-0.39, 0.29) is 11.3 Å². The van der Waals surface area contributed by atoms with Crippen molar-refractivity contribution in [1.29, 1.82) is 0 Å². The van der Waals surface area contributed by atoms with Gasteiger partial charge in [0.1, 0.15) is 6.54 Å². The number of halogens is 1. The van der Waals surface area contributed by atoms with Crippen LogP contribution in [0.25, 0.3) is 0 Å². The molecule has 0 saturated carbocycles. The number of hydrogen-bond acceptors (Lipinski definition) is 4. The average Bonchev–Trinajstić information content (AvgIpc) is 2.56. The second-order valence-corrected chi connectivity index (χ2v) is 5.69. The van der Waals surface area contributed by atoms with Gasteiger partial charge in [-0.15, -0.1) is 0 Å². The molecule has 0 aliphatic rings. The van der Waals surface area contributed by atoms with Crippen molar-refractivity contribution in [2.75, 3.05) is 17.2 Å². The Kier molecular flexibility index (Phi) is 5.96. The number of benzene rings is 2. The molecule has 9 heteroatoms. The molecule has 2 rings (SSSR count). The van der Waals surface area contributed by atoms with Crippen LogP contribution in [0.2, 0.25) is 0 Å². The summed E-state index contributed by atoms with van der Waals surface area (Å²) in [5.41, 5.74) is 0.377. The smallest absolute Gasteiger partial charge is 0.323 e. The highest BCUT2D eigenvalue weighted by atomic mass is 79.9. The van der Waals surface area contributed by atoms with E-state index in [1.807, 2.05) is 0 Å². The van der Waals surface area contributed by atoms with Crippen LogP contribution in [0, 0.1) is 0 Å². The number of rotatable bonds is 5. The van der Waals surface area contributed by atoms with Crippen LogP contribution in [-0.2, 0) is 4.79 Å². The molecular weight excluding hydrogens is 394 g/mol. The molecule has 0 unspecified atom stereocenters. The molecule has 0 bridgehead atoms. The van der Waals surface area contributed by atoms with Crippen molar-refractivity contribution in [3.8, 4) is 5.75 Å². The molecule has 8 nitrogen and oxygen atoms in total. The summed E-state index contributed by atoms with van der Waals surface area (Å²) in [6.07, 6.45) is 0. The van der Waals surface area contributed by atoms with Crippen LogP contribution in [0.5, 0.6) is 5.75 Å². The fourth-order valence-corrected chi connectivity index (χ4v) is 2.30. The molecule has 0 aliphatic carbocycles. The first-order valence-corrected chi connectivity index (χ1v) is 7.82. The van der Waals surface area contributed by atoms with Gasteiger partial charge in [0.25, 0.3) is 5.91 Å². The average molecular weight is 408 g/mol. The van der Waals surface area contributed by atoms with Crippen molar-refractivity contribution in [3.05, 3.63) is 52.5 Å². The van der Waals surface area contributed by atoms with Gasteiger partial charge in [0.2, 0.25) is 0 Å². The van der Waals surface area contributed by atoms with Gasteiger partial charge in [-0.3, -0.25) is 9.59 Å². The lowest BCUT2D eigenvalue weighted by molar-refractivity contribution is -0.135. The second-order valence-electron chi connectivity index (χ2n) is 4.84. The first-order valence-electron chi connectivity index (χ1n) is 7.03. The molecule has 0 aromatic heterocycles. The molecule has 0 atom stereocenters. The molecule has 5 N–H and O–H groups in total. The Hall–Kier alpha value is -3.07. The minimum atomic E-state index is -1.21. The Morgan fingerprint density at radius 2 is 1.60 bits per heavy atom. The number of carboxylic acids is 1. The summed E-state index contributed by atoms with van der Waals surface area (Å²) in [4.78, 5) is 34.4. The van der Waals surface area contributed by atoms with E-state index < -0.39 is 30.2 Å². The standard InChI is InChI=1S/C16H14BrN3O5/c17-10-5-1-2-6-11(10)19-16(25)20-12-7-3-4-9(14(12)23)15(24)18-8-13(21)22/h1-7,23H,8H2,(H,18,24)(H,21,22)(H2,19,20,25). The lowest BCUT2D eigenvalue weighted by atomic mass is 10.1. The van der Waals surface area contributed by atoms with Crippen molar-refractivity contribution in [1.82, 2.24) is 5.32 Å². The van der Waals surface area contributed by atoms with Crippen molar-refractivity contribution >= 4 is 45.2 Å². The zero-order valence-electron chi connectivity index (χ0n) is 12.7. The lowest BCUT2D eigenvalue weighted by Gasteiger charge is -2.12. The molecule has 3 amide bonds. The molecule has 0 saturated heterocycles. The summed E-state index contributed by atoms with van der Waals surface area (Å²) < 4.78 is 0.677. The van der Waals surface area contributed by atoms with E-state index in [0.29, 0.717) is 10.2 Å². The van der Waals surface area contributed by atoms with Gasteiger partial charge in [-0.2, -0.15) is 0 Å². The van der Waals surface area contributed by atoms with Crippen molar-refractivity contribution < 1.29 is 24.6 Å². The predicted octanol–water partition coefficient (Wildman–Crippen LogP) is 2.61. The number of nitrogens with one attached hydrogen (secondary N) is 3. The number of carboxylic acid groups (broad SMARTS) is 1. The molecule has 2 aromatic rings. The minimum absolute atomic E-state index is 0.00697. The predicted molar refractivity (Wildman–Crippen MR) is 94.9 cm³/mol. The SMILES string of the molecule is O=C(O)CNC(=O)c1cccc(NC(=O)Nc2ccccc2Br)c1O. The number of carbonyl (C=O) groups excluding carboxylic acids is 2. The van der Waals surface area contributed by atoms with Gasteiger partial charge in [0.05, 0.1) is 16.9 Å². The highest BCUT2D eigenvalue weighted by Gasteiger charge is 2.16. The van der Waals surface area contributed by atoms with Crippen molar-refractivity contribution in [2.45, 2.75) is 0 Å². The lowest BCUT2D eigenvalue weighted by Crippen LogP contribution is -2.29. The number of para-hydroxylation sites is 2. The van der Waals surface area contributed by atoms with E-state index in [1.165, 1.54) is 18.2 Å². The second kappa shape index (κ2) is 8.15. The Bertz CT molecular complexity index is 825. The van der Waals surface area contributed by atoms with E-state index in [1.54, 1.807) is 24.3 Å². The summed E-state index contributed by atoms with van der Waals surface area (Å²) in [7, 11) is 0. The quantitative estimate of drug-likeness (QED) is 0.486. The van der Waals surface area contributed by atoms with E-state index in [2.05, 4.69) is 31.9 Å². The van der Waals surface area contributed by atoms with Gasteiger partial charge in [0, 0.05) is 4.47 Å². The molecule has 0 fully saturated rings. The van der Waals surface area contributed by atoms with E-state index in [4.69, 9.17) is 5.11 Å². The van der Waals surface area contributed by atoms with Crippen LogP contribution in [0.4, 0.5) is 16.2 Å². The van der Waals surface area contributed by atoms with Gasteiger partial charge in [-0.05, 0) is 40.2 Å². The van der Waals surface area contributed by atoms with Gasteiger partial charge >= 0.3 is 12.0 Å². The number of phenolic OH excluding ortho intramolecular Hbond substituents is 1. The van der Waals surface area contributed by atoms with Crippen molar-refractivity contribution in [3.63, 3.8) is 0 Å². The topological polar surface area (TPSA) is 128 Å². The summed E-state index contributed by atoms with van der Waals surface area (Å²) in [6, 6.07) is 10.5. The van der Waals surface area contributed by atoms with Gasteiger partial charge in [-0.25, -0.2) is 4.79 Å². The van der Waals surface area contributed by atoms with Gasteiger partial charge < -0.3 is 26.2 Å². The Labute approximate surface area is 151 Å². The van der Waals surface area contributed by atoms with Crippen LogP contribution < -0.4 is 16.0 Å². The maximum atomic E-state index is 12.1.